The van der Waals surface area contributed by atoms with E-state index in [9.17, 15) is 25.0 Å². The summed E-state index contributed by atoms with van der Waals surface area (Å²) in [7, 11) is 0. The summed E-state index contributed by atoms with van der Waals surface area (Å²) < 4.78 is 0. The molecular formula is C9H9N3O6. The van der Waals surface area contributed by atoms with Crippen LogP contribution in [0.3, 0.4) is 0 Å². The molecule has 0 saturated carbocycles. The van der Waals surface area contributed by atoms with Gasteiger partial charge in [-0.3, -0.25) is 25.0 Å². The SMILES string of the molecule is Cc1c([N+](=O)[O-])ccc(NCC(=O)O)c1[N+](=O)[O-]. The quantitative estimate of drug-likeness (QED) is 0.597. The normalized spacial score (nSPS) is 9.83. The molecule has 18 heavy (non-hydrogen) atoms. The van der Waals surface area contributed by atoms with Gasteiger partial charge in [-0.05, 0) is 13.0 Å². The van der Waals surface area contributed by atoms with Crippen molar-refractivity contribution in [2.75, 3.05) is 11.9 Å². The Morgan fingerprint density at radius 2 is 1.94 bits per heavy atom. The summed E-state index contributed by atoms with van der Waals surface area (Å²) in [5.41, 5.74) is -1.07. The summed E-state index contributed by atoms with van der Waals surface area (Å²) >= 11 is 0. The van der Waals surface area contributed by atoms with Gasteiger partial charge in [0, 0.05) is 6.07 Å². The van der Waals surface area contributed by atoms with Crippen molar-refractivity contribution in [1.29, 1.82) is 0 Å². The topological polar surface area (TPSA) is 136 Å². The smallest absolute Gasteiger partial charge is 0.322 e. The van der Waals surface area contributed by atoms with Crippen LogP contribution in [-0.4, -0.2) is 27.5 Å². The van der Waals surface area contributed by atoms with Crippen LogP contribution in [0, 0.1) is 27.2 Å². The van der Waals surface area contributed by atoms with Crippen LogP contribution in [0.15, 0.2) is 12.1 Å². The molecule has 1 aromatic rings. The summed E-state index contributed by atoms with van der Waals surface area (Å²) in [6.07, 6.45) is 0. The molecule has 0 bridgehead atoms. The Kier molecular flexibility index (Phi) is 3.77. The summed E-state index contributed by atoms with van der Waals surface area (Å²) in [5.74, 6) is -1.19. The maximum absolute atomic E-state index is 10.9. The molecule has 0 amide bonds. The van der Waals surface area contributed by atoms with E-state index >= 15 is 0 Å². The van der Waals surface area contributed by atoms with Crippen LogP contribution >= 0.6 is 0 Å². The van der Waals surface area contributed by atoms with E-state index in [1.165, 1.54) is 6.92 Å². The molecular weight excluding hydrogens is 246 g/mol. The lowest BCUT2D eigenvalue weighted by Gasteiger charge is -2.06. The lowest BCUT2D eigenvalue weighted by atomic mass is 10.1. The van der Waals surface area contributed by atoms with Crippen molar-refractivity contribution in [2.24, 2.45) is 0 Å². The van der Waals surface area contributed by atoms with Crippen LogP contribution in [0.2, 0.25) is 0 Å². The summed E-state index contributed by atoms with van der Waals surface area (Å²) in [4.78, 5) is 30.4. The monoisotopic (exact) mass is 255 g/mol. The van der Waals surface area contributed by atoms with E-state index < -0.39 is 28.0 Å². The summed E-state index contributed by atoms with van der Waals surface area (Å²) in [6, 6.07) is 2.21. The van der Waals surface area contributed by atoms with E-state index in [2.05, 4.69) is 5.32 Å². The first-order valence-corrected chi connectivity index (χ1v) is 4.72. The van der Waals surface area contributed by atoms with Crippen LogP contribution in [0.25, 0.3) is 0 Å². The van der Waals surface area contributed by atoms with E-state index in [1.807, 2.05) is 0 Å². The van der Waals surface area contributed by atoms with Gasteiger partial charge < -0.3 is 10.4 Å². The number of nitrogens with one attached hydrogen (secondary N) is 1. The second-order valence-electron chi connectivity index (χ2n) is 3.37. The molecule has 1 rings (SSSR count). The van der Waals surface area contributed by atoms with Crippen LogP contribution < -0.4 is 5.32 Å². The summed E-state index contributed by atoms with van der Waals surface area (Å²) in [5, 5.41) is 32.3. The first kappa shape index (κ1) is 13.4. The second kappa shape index (κ2) is 5.08. The highest BCUT2D eigenvalue weighted by Gasteiger charge is 2.25. The number of carboxylic acid groups (broad SMARTS) is 1. The van der Waals surface area contributed by atoms with Gasteiger partial charge in [0.05, 0.1) is 9.85 Å². The van der Waals surface area contributed by atoms with Crippen molar-refractivity contribution in [3.63, 3.8) is 0 Å². The molecule has 0 spiro atoms. The predicted octanol–water partition coefficient (Wildman–Crippen LogP) is 1.31. The summed E-state index contributed by atoms with van der Waals surface area (Å²) in [6.45, 7) is 0.723. The predicted molar refractivity (Wildman–Crippen MR) is 60.6 cm³/mol. The van der Waals surface area contributed by atoms with E-state index in [4.69, 9.17) is 5.11 Å². The average Bonchev–Trinajstić information content (AvgIpc) is 2.24. The number of nitrogens with zero attached hydrogens (tertiary/aromatic N) is 2. The Balaban J connectivity index is 3.27. The third-order valence-electron chi connectivity index (χ3n) is 2.21. The molecule has 0 heterocycles. The number of hydrogen-bond donors (Lipinski definition) is 2. The molecule has 0 aliphatic heterocycles. The fourth-order valence-electron chi connectivity index (χ4n) is 1.44. The van der Waals surface area contributed by atoms with E-state index in [0.29, 0.717) is 0 Å². The standard InChI is InChI=1S/C9H9N3O6/c1-5-7(11(15)16)3-2-6(9(5)12(17)18)10-4-8(13)14/h2-3,10H,4H2,1H3,(H,13,14). The largest absolute Gasteiger partial charge is 0.480 e. The van der Waals surface area contributed by atoms with Crippen LogP contribution in [0.1, 0.15) is 5.56 Å². The van der Waals surface area contributed by atoms with Gasteiger partial charge in [0.25, 0.3) is 5.69 Å². The van der Waals surface area contributed by atoms with Gasteiger partial charge in [-0.25, -0.2) is 0 Å². The number of carbonyl (C=O) groups is 1. The maximum atomic E-state index is 10.9. The van der Waals surface area contributed by atoms with Gasteiger partial charge in [0.15, 0.2) is 0 Å². The molecule has 9 nitrogen and oxygen atoms in total. The number of nitro groups is 2. The third kappa shape index (κ3) is 2.70. The van der Waals surface area contributed by atoms with Gasteiger partial charge in [0.2, 0.25) is 0 Å². The third-order valence-corrected chi connectivity index (χ3v) is 2.21. The molecule has 0 aliphatic carbocycles. The van der Waals surface area contributed by atoms with Gasteiger partial charge in [-0.15, -0.1) is 0 Å². The minimum absolute atomic E-state index is 0.0644. The number of carboxylic acids is 1. The number of rotatable bonds is 5. The van der Waals surface area contributed by atoms with Gasteiger partial charge in [0.1, 0.15) is 17.8 Å². The molecule has 0 unspecified atom stereocenters. The maximum Gasteiger partial charge on any atom is 0.322 e. The number of aliphatic carboxylic acids is 1. The lowest BCUT2D eigenvalue weighted by Crippen LogP contribution is -2.14. The number of hydrogen-bond acceptors (Lipinski definition) is 6. The molecule has 0 atom stereocenters. The molecule has 0 aliphatic rings. The molecule has 0 aromatic heterocycles. The van der Waals surface area contributed by atoms with Gasteiger partial charge >= 0.3 is 11.7 Å². The molecule has 1 aromatic carbocycles. The van der Waals surface area contributed by atoms with E-state index in [1.54, 1.807) is 0 Å². The average molecular weight is 255 g/mol. The Morgan fingerprint density at radius 1 is 1.33 bits per heavy atom. The second-order valence-corrected chi connectivity index (χ2v) is 3.37. The molecule has 0 radical (unpaired) electrons. The Hall–Kier alpha value is -2.71. The van der Waals surface area contributed by atoms with Crippen molar-refractivity contribution >= 4 is 23.0 Å². The van der Waals surface area contributed by atoms with Crippen LogP contribution in [-0.2, 0) is 4.79 Å². The fourth-order valence-corrected chi connectivity index (χ4v) is 1.44. The molecule has 2 N–H and O–H groups in total. The van der Waals surface area contributed by atoms with Crippen molar-refractivity contribution in [3.8, 4) is 0 Å². The number of benzene rings is 1. The van der Waals surface area contributed by atoms with E-state index in [-0.39, 0.29) is 16.9 Å². The van der Waals surface area contributed by atoms with Gasteiger partial charge in [-0.2, -0.15) is 0 Å². The first-order valence-electron chi connectivity index (χ1n) is 4.72. The highest BCUT2D eigenvalue weighted by molar-refractivity contribution is 5.77. The number of nitro benzene ring substituents is 2. The van der Waals surface area contributed by atoms with Crippen LogP contribution in [0.5, 0.6) is 0 Å². The molecule has 0 saturated heterocycles. The Morgan fingerprint density at radius 3 is 2.39 bits per heavy atom. The van der Waals surface area contributed by atoms with Crippen molar-refractivity contribution < 1.29 is 19.7 Å². The Labute approximate surface area is 100 Å². The van der Waals surface area contributed by atoms with Crippen LogP contribution in [0.4, 0.5) is 17.1 Å². The molecule has 96 valence electrons. The Bertz CT molecular complexity index is 527. The zero-order chi connectivity index (χ0) is 13.9. The van der Waals surface area contributed by atoms with Crippen molar-refractivity contribution in [1.82, 2.24) is 0 Å². The van der Waals surface area contributed by atoms with E-state index in [0.717, 1.165) is 12.1 Å². The van der Waals surface area contributed by atoms with Crippen molar-refractivity contribution in [2.45, 2.75) is 6.92 Å². The minimum Gasteiger partial charge on any atom is -0.480 e. The molecule has 0 fully saturated rings. The highest BCUT2D eigenvalue weighted by atomic mass is 16.6. The number of anilines is 1. The van der Waals surface area contributed by atoms with Gasteiger partial charge in [-0.1, -0.05) is 0 Å². The molecule has 9 heteroatoms. The zero-order valence-electron chi connectivity index (χ0n) is 9.24. The lowest BCUT2D eigenvalue weighted by molar-refractivity contribution is -0.394. The zero-order valence-corrected chi connectivity index (χ0v) is 9.24. The van der Waals surface area contributed by atoms with Crippen molar-refractivity contribution in [3.05, 3.63) is 37.9 Å². The minimum atomic E-state index is -1.19. The highest BCUT2D eigenvalue weighted by Crippen LogP contribution is 2.34. The fraction of sp³-hybridized carbons (Fsp3) is 0.222. The first-order chi connectivity index (χ1) is 8.34.